The van der Waals surface area contributed by atoms with Crippen molar-refractivity contribution >= 4 is 37.4 Å². The zero-order chi connectivity index (χ0) is 34.8. The van der Waals surface area contributed by atoms with Gasteiger partial charge in [-0.15, -0.1) is 4.52 Å². The van der Waals surface area contributed by atoms with Gasteiger partial charge in [-0.2, -0.15) is 10.4 Å². The number of carbonyl (C=O) groups is 3. The predicted octanol–water partition coefficient (Wildman–Crippen LogP) is 3.95. The molecule has 4 rings (SSSR count). The Balaban J connectivity index is 1.79. The summed E-state index contributed by atoms with van der Waals surface area (Å²) in [6.07, 6.45) is -2.63. The molecule has 0 aliphatic heterocycles. The normalized spacial score (nSPS) is 14.6. The third-order valence-corrected chi connectivity index (χ3v) is 7.94. The molecule has 2 heterocycles. The number of carbonyl (C=O) groups excluding carboxylic acids is 3. The summed E-state index contributed by atoms with van der Waals surface area (Å²) in [6, 6.07) is 19.9. The SMILES string of the molecule is CO[C@](C#N)(CO[P+](=O)N[C@@H](C)C(=O)OC(C)C)[C@@H](OC(=O)c1ccccc1)[C@@H](OC(=O)c1ccccc1)c1ccc2c(N)ncnn12. The fourth-order valence-corrected chi connectivity index (χ4v) is 5.32. The summed E-state index contributed by atoms with van der Waals surface area (Å²) < 4.78 is 42.6. The number of fused-ring (bicyclic) bond motifs is 1. The van der Waals surface area contributed by atoms with E-state index in [0.717, 1.165) is 7.11 Å². The average molecular weight is 678 g/mol. The number of nitrogens with one attached hydrogen (secondary N) is 1. The number of anilines is 1. The van der Waals surface area contributed by atoms with Crippen LogP contribution >= 0.6 is 8.18 Å². The number of aromatic nitrogens is 3. The number of ether oxygens (including phenoxy) is 4. The molecule has 0 radical (unpaired) electrons. The Kier molecular flexibility index (Phi) is 11.9. The van der Waals surface area contributed by atoms with E-state index in [1.54, 1.807) is 56.3 Å². The lowest BCUT2D eigenvalue weighted by Gasteiger charge is -2.36. The van der Waals surface area contributed by atoms with Crippen LogP contribution in [0.15, 0.2) is 79.1 Å². The van der Waals surface area contributed by atoms with Crippen LogP contribution in [0.1, 0.15) is 53.3 Å². The Hall–Kier alpha value is -5.26. The fraction of sp³-hybridized carbons (Fsp3) is 0.312. The van der Waals surface area contributed by atoms with Crippen molar-refractivity contribution in [2.24, 2.45) is 0 Å². The maximum atomic E-state index is 13.6. The van der Waals surface area contributed by atoms with Crippen molar-refractivity contribution < 1.29 is 42.4 Å². The molecule has 0 amide bonds. The van der Waals surface area contributed by atoms with Crippen molar-refractivity contribution in [2.75, 3.05) is 19.5 Å². The molecule has 16 heteroatoms. The monoisotopic (exact) mass is 677 g/mol. The highest BCUT2D eigenvalue weighted by atomic mass is 31.1. The van der Waals surface area contributed by atoms with Crippen LogP contribution in [-0.2, 0) is 32.8 Å². The van der Waals surface area contributed by atoms with Crippen LogP contribution in [0.4, 0.5) is 5.82 Å². The molecule has 0 bridgehead atoms. The van der Waals surface area contributed by atoms with Gasteiger partial charge in [0.2, 0.25) is 5.60 Å². The van der Waals surface area contributed by atoms with Gasteiger partial charge in [0.1, 0.15) is 24.0 Å². The first-order valence-corrected chi connectivity index (χ1v) is 15.8. The summed E-state index contributed by atoms with van der Waals surface area (Å²) in [5, 5.41) is 17.3. The summed E-state index contributed by atoms with van der Waals surface area (Å²) in [6.45, 7) is 3.95. The van der Waals surface area contributed by atoms with E-state index >= 15 is 0 Å². The molecule has 3 N–H and O–H groups in total. The van der Waals surface area contributed by atoms with Gasteiger partial charge < -0.3 is 24.7 Å². The van der Waals surface area contributed by atoms with Crippen molar-refractivity contribution in [3.63, 3.8) is 0 Å². The van der Waals surface area contributed by atoms with Crippen LogP contribution in [0.5, 0.6) is 0 Å². The summed E-state index contributed by atoms with van der Waals surface area (Å²) >= 11 is 0. The van der Waals surface area contributed by atoms with Gasteiger partial charge >= 0.3 is 26.1 Å². The molecule has 48 heavy (non-hydrogen) atoms. The Bertz CT molecular complexity index is 1800. The van der Waals surface area contributed by atoms with Gasteiger partial charge in [-0.25, -0.2) is 19.1 Å². The lowest BCUT2D eigenvalue weighted by atomic mass is 9.92. The second-order valence-electron chi connectivity index (χ2n) is 10.7. The first-order valence-electron chi connectivity index (χ1n) is 14.6. The molecule has 2 aromatic carbocycles. The number of benzene rings is 2. The van der Waals surface area contributed by atoms with Gasteiger partial charge in [0.05, 0.1) is 22.9 Å². The molecule has 1 unspecified atom stereocenters. The van der Waals surface area contributed by atoms with E-state index in [9.17, 15) is 24.2 Å². The molecular weight excluding hydrogens is 643 g/mol. The van der Waals surface area contributed by atoms with Crippen molar-refractivity contribution in [3.05, 3.63) is 95.9 Å². The highest BCUT2D eigenvalue weighted by Gasteiger charge is 2.53. The van der Waals surface area contributed by atoms with E-state index in [2.05, 4.69) is 15.2 Å². The van der Waals surface area contributed by atoms with Crippen LogP contribution < -0.4 is 10.8 Å². The quantitative estimate of drug-likeness (QED) is 0.104. The van der Waals surface area contributed by atoms with Crippen LogP contribution in [0.25, 0.3) is 5.52 Å². The number of nitrogens with two attached hydrogens (primary N) is 1. The minimum atomic E-state index is -2.81. The first-order chi connectivity index (χ1) is 23.0. The Labute approximate surface area is 276 Å². The van der Waals surface area contributed by atoms with Gasteiger partial charge in [-0.1, -0.05) is 41.5 Å². The molecule has 0 saturated heterocycles. The molecule has 5 atom stereocenters. The summed E-state index contributed by atoms with van der Waals surface area (Å²) in [5.41, 5.74) is 4.50. The Morgan fingerprint density at radius 2 is 1.56 bits per heavy atom. The van der Waals surface area contributed by atoms with Crippen molar-refractivity contribution in [3.8, 4) is 6.07 Å². The van der Waals surface area contributed by atoms with Crippen LogP contribution in [-0.4, -0.2) is 70.1 Å². The van der Waals surface area contributed by atoms with E-state index in [1.807, 2.05) is 6.07 Å². The molecule has 0 fully saturated rings. The van der Waals surface area contributed by atoms with Gasteiger partial charge in [0, 0.05) is 7.11 Å². The van der Waals surface area contributed by atoms with Crippen molar-refractivity contribution in [2.45, 2.75) is 50.7 Å². The van der Waals surface area contributed by atoms with E-state index in [-0.39, 0.29) is 22.6 Å². The second kappa shape index (κ2) is 16.0. The number of nitriles is 1. The zero-order valence-corrected chi connectivity index (χ0v) is 27.4. The lowest BCUT2D eigenvalue weighted by molar-refractivity contribution is -0.149. The third-order valence-electron chi connectivity index (χ3n) is 6.98. The Morgan fingerprint density at radius 3 is 2.12 bits per heavy atom. The number of hydrogen-bond acceptors (Lipinski definition) is 13. The fourth-order valence-electron chi connectivity index (χ4n) is 4.52. The number of nitrogens with zero attached hydrogens (tertiary/aromatic N) is 4. The topological polar surface area (TPSA) is 206 Å². The van der Waals surface area contributed by atoms with Crippen molar-refractivity contribution in [1.29, 1.82) is 5.26 Å². The average Bonchev–Trinajstić information content (AvgIpc) is 3.53. The molecule has 0 aliphatic rings. The third kappa shape index (κ3) is 8.36. The highest BCUT2D eigenvalue weighted by Crippen LogP contribution is 2.37. The van der Waals surface area contributed by atoms with Crippen molar-refractivity contribution in [1.82, 2.24) is 19.7 Å². The van der Waals surface area contributed by atoms with E-state index in [0.29, 0.717) is 5.52 Å². The molecular formula is C32H34N6O9P+. The number of methoxy groups -OCH3 is 1. The second-order valence-corrected chi connectivity index (χ2v) is 11.7. The maximum absolute atomic E-state index is 13.6. The van der Waals surface area contributed by atoms with E-state index in [1.165, 1.54) is 48.1 Å². The largest absolute Gasteiger partial charge is 0.613 e. The number of esters is 3. The van der Waals surface area contributed by atoms with Crippen LogP contribution in [0, 0.1) is 11.3 Å². The van der Waals surface area contributed by atoms with E-state index in [4.69, 9.17) is 29.2 Å². The Morgan fingerprint density at radius 1 is 0.958 bits per heavy atom. The minimum Gasteiger partial charge on any atom is -0.462 e. The predicted molar refractivity (Wildman–Crippen MR) is 170 cm³/mol. The minimum absolute atomic E-state index is 0.0945. The van der Waals surface area contributed by atoms with Crippen LogP contribution in [0.2, 0.25) is 0 Å². The molecule has 2 aromatic heterocycles. The number of hydrogen-bond donors (Lipinski definition) is 2. The summed E-state index contributed by atoms with van der Waals surface area (Å²) in [4.78, 5) is 43.4. The van der Waals surface area contributed by atoms with E-state index < -0.39 is 62.6 Å². The lowest BCUT2D eigenvalue weighted by Crippen LogP contribution is -2.53. The molecule has 4 aromatic rings. The summed E-state index contributed by atoms with van der Waals surface area (Å²) in [5.74, 6) is -2.33. The smallest absolute Gasteiger partial charge is 0.462 e. The van der Waals surface area contributed by atoms with Crippen LogP contribution in [0.3, 0.4) is 0 Å². The molecule has 0 saturated carbocycles. The molecule has 250 valence electrons. The maximum Gasteiger partial charge on any atom is 0.613 e. The standard InChI is InChI=1S/C32H34N6O9P/c1-20(2)45-29(39)21(3)37-48(42)44-18-32(17-33,43-4)27(47-31(41)23-13-9-6-10-14-23)26(46-30(40)22-11-7-5-8-12-22)24-15-16-25-28(34)35-19-36-38(24)25/h5-16,19-21,26-27H,18H2,1-4H3,(H,37,42)(H2,34,35,36)/q+1/t21-,26-,27-,32+/m0/s1. The first kappa shape index (κ1) is 35.6. The summed E-state index contributed by atoms with van der Waals surface area (Å²) in [7, 11) is -1.67. The molecule has 15 nitrogen and oxygen atoms in total. The zero-order valence-electron chi connectivity index (χ0n) is 26.5. The highest BCUT2D eigenvalue weighted by molar-refractivity contribution is 7.36. The van der Waals surface area contributed by atoms with Gasteiger partial charge in [0.25, 0.3) is 0 Å². The number of nitrogen functional groups attached to an aromatic ring is 1. The van der Waals surface area contributed by atoms with Gasteiger partial charge in [-0.3, -0.25) is 4.79 Å². The van der Waals surface area contributed by atoms with Gasteiger partial charge in [0.15, 0.2) is 24.6 Å². The number of rotatable bonds is 15. The molecule has 0 aliphatic carbocycles. The molecule has 0 spiro atoms. The van der Waals surface area contributed by atoms with Gasteiger partial charge in [-0.05, 0) is 61.7 Å².